The van der Waals surface area contributed by atoms with E-state index in [9.17, 15) is 4.79 Å². The Morgan fingerprint density at radius 1 is 1.60 bits per heavy atom. The Labute approximate surface area is 91.0 Å². The number of hydrogen-bond acceptors (Lipinski definition) is 3. The molecule has 4 nitrogen and oxygen atoms in total. The highest BCUT2D eigenvalue weighted by Gasteiger charge is 2.25. The van der Waals surface area contributed by atoms with Crippen LogP contribution in [0.25, 0.3) is 0 Å². The van der Waals surface area contributed by atoms with Crippen molar-refractivity contribution in [2.75, 3.05) is 26.2 Å². The van der Waals surface area contributed by atoms with Gasteiger partial charge < -0.3 is 15.0 Å². The molecule has 0 aliphatic carbocycles. The van der Waals surface area contributed by atoms with E-state index in [0.29, 0.717) is 12.5 Å². The SMILES string of the molecule is CC1CN(C(=O)CC2CCCO2)CCN1. The number of hydrogen-bond donors (Lipinski definition) is 1. The molecule has 0 aromatic rings. The lowest BCUT2D eigenvalue weighted by atomic mass is 10.1. The van der Waals surface area contributed by atoms with Crippen molar-refractivity contribution < 1.29 is 9.53 Å². The fourth-order valence-electron chi connectivity index (χ4n) is 2.29. The highest BCUT2D eigenvalue weighted by atomic mass is 16.5. The molecular weight excluding hydrogens is 192 g/mol. The van der Waals surface area contributed by atoms with Gasteiger partial charge in [-0.15, -0.1) is 0 Å². The number of ether oxygens (including phenoxy) is 1. The summed E-state index contributed by atoms with van der Waals surface area (Å²) in [4.78, 5) is 13.9. The Kier molecular flexibility index (Phi) is 3.59. The van der Waals surface area contributed by atoms with Gasteiger partial charge in [0.05, 0.1) is 12.5 Å². The second-order valence-electron chi connectivity index (χ2n) is 4.53. The Hall–Kier alpha value is -0.610. The zero-order valence-corrected chi connectivity index (χ0v) is 9.37. The number of carbonyl (C=O) groups is 1. The van der Waals surface area contributed by atoms with Crippen molar-refractivity contribution in [2.45, 2.75) is 38.3 Å². The molecule has 0 aromatic heterocycles. The number of carbonyl (C=O) groups excluding carboxylic acids is 1. The van der Waals surface area contributed by atoms with E-state index >= 15 is 0 Å². The molecular formula is C11H20N2O2. The molecule has 2 heterocycles. The second kappa shape index (κ2) is 4.94. The summed E-state index contributed by atoms with van der Waals surface area (Å²) >= 11 is 0. The van der Waals surface area contributed by atoms with E-state index in [0.717, 1.165) is 39.1 Å². The third-order valence-electron chi connectivity index (χ3n) is 3.15. The average Bonchev–Trinajstić information content (AvgIpc) is 2.70. The standard InChI is InChI=1S/C11H20N2O2/c1-9-8-13(5-4-12-9)11(14)7-10-3-2-6-15-10/h9-10,12H,2-8H2,1H3. The van der Waals surface area contributed by atoms with Crippen LogP contribution in [0, 0.1) is 0 Å². The maximum atomic E-state index is 11.9. The van der Waals surface area contributed by atoms with E-state index in [1.807, 2.05) is 4.90 Å². The Morgan fingerprint density at radius 2 is 2.47 bits per heavy atom. The van der Waals surface area contributed by atoms with E-state index in [4.69, 9.17) is 4.74 Å². The molecule has 2 atom stereocenters. The largest absolute Gasteiger partial charge is 0.378 e. The van der Waals surface area contributed by atoms with Crippen LogP contribution in [-0.4, -0.2) is 49.2 Å². The van der Waals surface area contributed by atoms with Crippen LogP contribution in [0.3, 0.4) is 0 Å². The van der Waals surface area contributed by atoms with Crippen LogP contribution in [0.5, 0.6) is 0 Å². The quantitative estimate of drug-likeness (QED) is 0.719. The van der Waals surface area contributed by atoms with Crippen LogP contribution in [0.4, 0.5) is 0 Å². The third kappa shape index (κ3) is 2.92. The minimum atomic E-state index is 0.183. The van der Waals surface area contributed by atoms with Gasteiger partial charge in [-0.3, -0.25) is 4.79 Å². The van der Waals surface area contributed by atoms with Crippen molar-refractivity contribution in [3.63, 3.8) is 0 Å². The summed E-state index contributed by atoms with van der Waals surface area (Å²) in [5.74, 6) is 0.259. The van der Waals surface area contributed by atoms with Crippen molar-refractivity contribution in [1.82, 2.24) is 10.2 Å². The minimum Gasteiger partial charge on any atom is -0.378 e. The van der Waals surface area contributed by atoms with Crippen LogP contribution < -0.4 is 5.32 Å². The van der Waals surface area contributed by atoms with Gasteiger partial charge in [-0.05, 0) is 19.8 Å². The number of amides is 1. The molecule has 2 unspecified atom stereocenters. The van der Waals surface area contributed by atoms with Gasteiger partial charge in [0.25, 0.3) is 0 Å². The van der Waals surface area contributed by atoms with E-state index < -0.39 is 0 Å². The molecule has 2 aliphatic heterocycles. The lowest BCUT2D eigenvalue weighted by Crippen LogP contribution is -2.51. The Bertz CT molecular complexity index is 227. The first-order chi connectivity index (χ1) is 7.25. The molecule has 0 radical (unpaired) electrons. The van der Waals surface area contributed by atoms with Gasteiger partial charge in [0.15, 0.2) is 0 Å². The van der Waals surface area contributed by atoms with Gasteiger partial charge in [-0.2, -0.15) is 0 Å². The molecule has 86 valence electrons. The van der Waals surface area contributed by atoms with Crippen molar-refractivity contribution in [3.8, 4) is 0 Å². The molecule has 2 saturated heterocycles. The van der Waals surface area contributed by atoms with Gasteiger partial charge in [-0.1, -0.05) is 0 Å². The summed E-state index contributed by atoms with van der Waals surface area (Å²) in [5.41, 5.74) is 0. The highest BCUT2D eigenvalue weighted by Crippen LogP contribution is 2.16. The van der Waals surface area contributed by atoms with Gasteiger partial charge in [0.2, 0.25) is 5.91 Å². The molecule has 4 heteroatoms. The maximum Gasteiger partial charge on any atom is 0.225 e. The summed E-state index contributed by atoms with van der Waals surface area (Å²) in [6, 6.07) is 0.423. The summed E-state index contributed by atoms with van der Waals surface area (Å²) in [5, 5.41) is 3.34. The molecule has 1 amide bonds. The number of nitrogens with one attached hydrogen (secondary N) is 1. The van der Waals surface area contributed by atoms with Gasteiger partial charge >= 0.3 is 0 Å². The molecule has 0 bridgehead atoms. The van der Waals surface area contributed by atoms with Crippen molar-refractivity contribution >= 4 is 5.91 Å². The normalized spacial score (nSPS) is 31.9. The summed E-state index contributed by atoms with van der Waals surface area (Å²) in [7, 11) is 0. The first kappa shape index (κ1) is 10.9. The minimum absolute atomic E-state index is 0.183. The smallest absolute Gasteiger partial charge is 0.225 e. The number of rotatable bonds is 2. The molecule has 0 saturated carbocycles. The summed E-state index contributed by atoms with van der Waals surface area (Å²) in [6.07, 6.45) is 2.92. The third-order valence-corrected chi connectivity index (χ3v) is 3.15. The van der Waals surface area contributed by atoms with E-state index in [-0.39, 0.29) is 12.0 Å². The van der Waals surface area contributed by atoms with Gasteiger partial charge in [-0.25, -0.2) is 0 Å². The van der Waals surface area contributed by atoms with Crippen LogP contribution >= 0.6 is 0 Å². The Balaban J connectivity index is 1.78. The van der Waals surface area contributed by atoms with E-state index in [1.165, 1.54) is 0 Å². The predicted molar refractivity (Wildman–Crippen MR) is 57.6 cm³/mol. The molecule has 2 fully saturated rings. The van der Waals surface area contributed by atoms with Crippen LogP contribution in [0.1, 0.15) is 26.2 Å². The fraction of sp³-hybridized carbons (Fsp3) is 0.909. The predicted octanol–water partition coefficient (Wildman–Crippen LogP) is 0.376. The van der Waals surface area contributed by atoms with Crippen molar-refractivity contribution in [2.24, 2.45) is 0 Å². The lowest BCUT2D eigenvalue weighted by Gasteiger charge is -2.32. The summed E-state index contributed by atoms with van der Waals surface area (Å²) in [6.45, 7) is 5.54. The molecule has 2 rings (SSSR count). The lowest BCUT2D eigenvalue weighted by molar-refractivity contribution is -0.134. The number of piperazine rings is 1. The van der Waals surface area contributed by atoms with Crippen LogP contribution in [-0.2, 0) is 9.53 Å². The zero-order chi connectivity index (χ0) is 10.7. The van der Waals surface area contributed by atoms with Crippen LogP contribution in [0.2, 0.25) is 0 Å². The van der Waals surface area contributed by atoms with Gasteiger partial charge in [0, 0.05) is 32.3 Å². The second-order valence-corrected chi connectivity index (χ2v) is 4.53. The van der Waals surface area contributed by atoms with E-state index in [2.05, 4.69) is 12.2 Å². The molecule has 15 heavy (non-hydrogen) atoms. The van der Waals surface area contributed by atoms with E-state index in [1.54, 1.807) is 0 Å². The first-order valence-electron chi connectivity index (χ1n) is 5.88. The maximum absolute atomic E-state index is 11.9. The topological polar surface area (TPSA) is 41.6 Å². The fourth-order valence-corrected chi connectivity index (χ4v) is 2.29. The van der Waals surface area contributed by atoms with Crippen molar-refractivity contribution in [1.29, 1.82) is 0 Å². The molecule has 0 aromatic carbocycles. The molecule has 1 N–H and O–H groups in total. The van der Waals surface area contributed by atoms with Gasteiger partial charge in [0.1, 0.15) is 0 Å². The zero-order valence-electron chi connectivity index (χ0n) is 9.37. The first-order valence-corrected chi connectivity index (χ1v) is 5.88. The summed E-state index contributed by atoms with van der Waals surface area (Å²) < 4.78 is 5.48. The number of nitrogens with zero attached hydrogens (tertiary/aromatic N) is 1. The van der Waals surface area contributed by atoms with Crippen LogP contribution in [0.15, 0.2) is 0 Å². The molecule has 2 aliphatic rings. The average molecular weight is 212 g/mol. The Morgan fingerprint density at radius 3 is 3.13 bits per heavy atom. The highest BCUT2D eigenvalue weighted by molar-refractivity contribution is 5.76. The molecule has 0 spiro atoms. The monoisotopic (exact) mass is 212 g/mol. The van der Waals surface area contributed by atoms with Crippen molar-refractivity contribution in [3.05, 3.63) is 0 Å².